The van der Waals surface area contributed by atoms with Crippen LogP contribution in [0, 0.1) is 0 Å². The molecule has 0 aromatic heterocycles. The van der Waals surface area contributed by atoms with Gasteiger partial charge in [-0.3, -0.25) is 10.0 Å². The molecular formula is C8H8Cl2N2O2. The van der Waals surface area contributed by atoms with Crippen LogP contribution in [0.15, 0.2) is 12.1 Å². The summed E-state index contributed by atoms with van der Waals surface area (Å²) in [6.45, 7) is 0.0171. The zero-order valence-electron chi connectivity index (χ0n) is 7.08. The number of nitrogen functional groups attached to an aromatic ring is 1. The molecule has 0 fully saturated rings. The molecule has 0 saturated carbocycles. The number of carbonyl (C=O) groups is 1. The van der Waals surface area contributed by atoms with E-state index in [0.29, 0.717) is 20.7 Å². The summed E-state index contributed by atoms with van der Waals surface area (Å²) < 4.78 is 0. The van der Waals surface area contributed by atoms with Crippen LogP contribution in [0.1, 0.15) is 5.56 Å². The van der Waals surface area contributed by atoms with Gasteiger partial charge >= 0.3 is 0 Å². The Morgan fingerprint density at radius 3 is 2.36 bits per heavy atom. The lowest BCUT2D eigenvalue weighted by molar-refractivity contribution is -0.152. The molecule has 0 bridgehead atoms. The first kappa shape index (κ1) is 11.1. The van der Waals surface area contributed by atoms with Crippen molar-refractivity contribution in [1.82, 2.24) is 5.06 Å². The third kappa shape index (κ3) is 2.51. The largest absolute Gasteiger partial charge is 0.396 e. The summed E-state index contributed by atoms with van der Waals surface area (Å²) in [5.41, 5.74) is 6.39. The van der Waals surface area contributed by atoms with Gasteiger partial charge in [0.1, 0.15) is 0 Å². The molecule has 0 spiro atoms. The van der Waals surface area contributed by atoms with Gasteiger partial charge in [0.25, 0.3) is 0 Å². The quantitative estimate of drug-likeness (QED) is 0.364. The molecule has 76 valence electrons. The molecule has 1 aromatic carbocycles. The van der Waals surface area contributed by atoms with Gasteiger partial charge in [-0.15, -0.1) is 0 Å². The summed E-state index contributed by atoms with van der Waals surface area (Å²) in [5, 5.41) is 9.99. The molecule has 1 amide bonds. The molecule has 0 saturated heterocycles. The molecule has 0 heterocycles. The number of nitrogens with zero attached hydrogens (tertiary/aromatic N) is 1. The highest BCUT2D eigenvalue weighted by atomic mass is 35.5. The number of hydroxylamine groups is 2. The molecule has 4 nitrogen and oxygen atoms in total. The third-order valence-electron chi connectivity index (χ3n) is 1.61. The van der Waals surface area contributed by atoms with E-state index in [2.05, 4.69) is 0 Å². The van der Waals surface area contributed by atoms with Crippen LogP contribution in [0.5, 0.6) is 0 Å². The Kier molecular flexibility index (Phi) is 3.57. The van der Waals surface area contributed by atoms with Crippen LogP contribution in [0.25, 0.3) is 0 Å². The molecule has 0 aliphatic heterocycles. The van der Waals surface area contributed by atoms with Crippen LogP contribution in [0.3, 0.4) is 0 Å². The highest BCUT2D eigenvalue weighted by molar-refractivity contribution is 6.38. The summed E-state index contributed by atoms with van der Waals surface area (Å²) in [4.78, 5) is 10.1. The molecule has 0 unspecified atom stereocenters. The Hall–Kier alpha value is -0.970. The Bertz CT molecular complexity index is 334. The highest BCUT2D eigenvalue weighted by Crippen LogP contribution is 2.28. The maximum Gasteiger partial charge on any atom is 0.233 e. The number of nitrogens with two attached hydrogens (primary N) is 1. The van der Waals surface area contributed by atoms with Gasteiger partial charge in [-0.2, -0.15) is 0 Å². The lowest BCUT2D eigenvalue weighted by atomic mass is 10.2. The van der Waals surface area contributed by atoms with E-state index < -0.39 is 0 Å². The van der Waals surface area contributed by atoms with Gasteiger partial charge in [-0.05, 0) is 17.7 Å². The molecule has 0 aliphatic rings. The van der Waals surface area contributed by atoms with E-state index in [9.17, 15) is 4.79 Å². The first-order valence-corrected chi connectivity index (χ1v) is 4.44. The average Bonchev–Trinajstić information content (AvgIpc) is 2.14. The van der Waals surface area contributed by atoms with E-state index in [1.807, 2.05) is 0 Å². The number of halogens is 2. The Labute approximate surface area is 90.8 Å². The minimum absolute atomic E-state index is 0.0171. The van der Waals surface area contributed by atoms with Crippen molar-refractivity contribution in [2.75, 3.05) is 5.73 Å². The zero-order chi connectivity index (χ0) is 10.7. The molecular weight excluding hydrogens is 227 g/mol. The van der Waals surface area contributed by atoms with E-state index in [-0.39, 0.29) is 18.6 Å². The Morgan fingerprint density at radius 2 is 1.93 bits per heavy atom. The molecule has 0 radical (unpaired) electrons. The topological polar surface area (TPSA) is 66.6 Å². The molecule has 0 atom stereocenters. The second-order valence-corrected chi connectivity index (χ2v) is 3.49. The van der Waals surface area contributed by atoms with E-state index in [0.717, 1.165) is 0 Å². The van der Waals surface area contributed by atoms with Crippen molar-refractivity contribution in [3.8, 4) is 0 Å². The Morgan fingerprint density at radius 1 is 1.43 bits per heavy atom. The zero-order valence-corrected chi connectivity index (χ0v) is 8.59. The normalized spacial score (nSPS) is 9.93. The number of hydrogen-bond acceptors (Lipinski definition) is 3. The van der Waals surface area contributed by atoms with E-state index in [1.165, 1.54) is 12.1 Å². The summed E-state index contributed by atoms with van der Waals surface area (Å²) in [5.74, 6) is 0. The van der Waals surface area contributed by atoms with Crippen molar-refractivity contribution >= 4 is 35.3 Å². The second-order valence-electron chi connectivity index (χ2n) is 2.68. The minimum atomic E-state index is 0.0171. The van der Waals surface area contributed by atoms with E-state index in [4.69, 9.17) is 34.1 Å². The first-order valence-electron chi connectivity index (χ1n) is 3.69. The summed E-state index contributed by atoms with van der Waals surface area (Å²) in [7, 11) is 0. The first-order chi connectivity index (χ1) is 6.54. The molecule has 1 rings (SSSR count). The summed E-state index contributed by atoms with van der Waals surface area (Å²) in [6, 6.07) is 3.07. The highest BCUT2D eigenvalue weighted by Gasteiger charge is 2.06. The van der Waals surface area contributed by atoms with Crippen molar-refractivity contribution in [1.29, 1.82) is 0 Å². The second kappa shape index (κ2) is 4.50. The molecule has 1 aromatic rings. The van der Waals surface area contributed by atoms with Crippen LogP contribution in [0.2, 0.25) is 10.0 Å². The minimum Gasteiger partial charge on any atom is -0.396 e. The van der Waals surface area contributed by atoms with Gasteiger partial charge in [-0.1, -0.05) is 23.2 Å². The maximum absolute atomic E-state index is 10.1. The van der Waals surface area contributed by atoms with Crippen molar-refractivity contribution in [3.63, 3.8) is 0 Å². The third-order valence-corrected chi connectivity index (χ3v) is 2.23. The average molecular weight is 235 g/mol. The maximum atomic E-state index is 10.1. The fourth-order valence-electron chi connectivity index (χ4n) is 0.952. The van der Waals surface area contributed by atoms with Gasteiger partial charge in [0.15, 0.2) is 0 Å². The summed E-state index contributed by atoms with van der Waals surface area (Å²) >= 11 is 11.5. The van der Waals surface area contributed by atoms with Crippen LogP contribution >= 0.6 is 23.2 Å². The van der Waals surface area contributed by atoms with Crippen molar-refractivity contribution in [2.24, 2.45) is 0 Å². The van der Waals surface area contributed by atoms with Gasteiger partial charge in [0.2, 0.25) is 6.41 Å². The van der Waals surface area contributed by atoms with Crippen molar-refractivity contribution < 1.29 is 10.0 Å². The van der Waals surface area contributed by atoms with Gasteiger partial charge in [0.05, 0.1) is 22.3 Å². The lowest BCUT2D eigenvalue weighted by Gasteiger charge is -2.10. The number of benzene rings is 1. The van der Waals surface area contributed by atoms with Crippen molar-refractivity contribution in [3.05, 3.63) is 27.7 Å². The van der Waals surface area contributed by atoms with Gasteiger partial charge < -0.3 is 5.73 Å². The molecule has 14 heavy (non-hydrogen) atoms. The number of carbonyl (C=O) groups excluding carboxylic acids is 1. The van der Waals surface area contributed by atoms with Gasteiger partial charge in [0, 0.05) is 0 Å². The van der Waals surface area contributed by atoms with Crippen LogP contribution in [0.4, 0.5) is 5.69 Å². The fourth-order valence-corrected chi connectivity index (χ4v) is 1.48. The SMILES string of the molecule is Nc1c(Cl)cc(CN(O)C=O)cc1Cl. The number of rotatable bonds is 3. The van der Waals surface area contributed by atoms with Gasteiger partial charge in [-0.25, -0.2) is 5.06 Å². The number of amides is 1. The fraction of sp³-hybridized carbons (Fsp3) is 0.125. The van der Waals surface area contributed by atoms with E-state index >= 15 is 0 Å². The van der Waals surface area contributed by atoms with Crippen LogP contribution in [-0.4, -0.2) is 16.7 Å². The molecule has 3 N–H and O–H groups in total. The Balaban J connectivity index is 2.95. The predicted molar refractivity (Wildman–Crippen MR) is 54.3 cm³/mol. The summed E-state index contributed by atoms with van der Waals surface area (Å²) in [6.07, 6.45) is 0.290. The predicted octanol–water partition coefficient (Wildman–Crippen LogP) is 1.92. The van der Waals surface area contributed by atoms with Crippen LogP contribution < -0.4 is 5.73 Å². The monoisotopic (exact) mass is 234 g/mol. The number of anilines is 1. The van der Waals surface area contributed by atoms with Crippen LogP contribution in [-0.2, 0) is 11.3 Å². The lowest BCUT2D eigenvalue weighted by Crippen LogP contribution is -2.15. The number of hydrogen-bond donors (Lipinski definition) is 2. The smallest absolute Gasteiger partial charge is 0.233 e. The molecule has 6 heteroatoms. The van der Waals surface area contributed by atoms with Crippen molar-refractivity contribution in [2.45, 2.75) is 6.54 Å². The molecule has 0 aliphatic carbocycles. The van der Waals surface area contributed by atoms with E-state index in [1.54, 1.807) is 0 Å². The standard InChI is InChI=1S/C8H8Cl2N2O2/c9-6-1-5(3-12(14)4-13)2-7(10)8(6)11/h1-2,4,14H,3,11H2.